The number of ketones is 1. The fourth-order valence-corrected chi connectivity index (χ4v) is 2.34. The van der Waals surface area contributed by atoms with E-state index in [0.717, 1.165) is 24.5 Å². The number of sulfone groups is 1. The highest BCUT2D eigenvalue weighted by molar-refractivity contribution is 7.90. The third-order valence-electron chi connectivity index (χ3n) is 2.71. The second-order valence-corrected chi connectivity index (χ2v) is 6.27. The van der Waals surface area contributed by atoms with Crippen molar-refractivity contribution in [2.75, 3.05) is 6.26 Å². The number of carbonyl (C=O) groups excluding carboxylic acids is 1. The number of benzene rings is 2. The summed E-state index contributed by atoms with van der Waals surface area (Å²) in [4.78, 5) is 12.1. The fraction of sp³-hybridized carbons (Fsp3) is 0.0714. The molecule has 0 spiro atoms. The van der Waals surface area contributed by atoms with E-state index in [1.165, 1.54) is 24.3 Å². The first-order chi connectivity index (χ1) is 9.29. The standard InChI is InChI=1S/C14H10F2O3S/c1-20(18,19)11-4-2-3-9(7-11)14(17)10-5-6-12(15)13(16)8-10/h2-8H,1H3. The monoisotopic (exact) mass is 296 g/mol. The highest BCUT2D eigenvalue weighted by Crippen LogP contribution is 2.17. The largest absolute Gasteiger partial charge is 0.289 e. The van der Waals surface area contributed by atoms with Crippen molar-refractivity contribution in [3.05, 3.63) is 65.2 Å². The average molecular weight is 296 g/mol. The van der Waals surface area contributed by atoms with Crippen LogP contribution in [0.2, 0.25) is 0 Å². The van der Waals surface area contributed by atoms with Crippen molar-refractivity contribution in [3.63, 3.8) is 0 Å². The third-order valence-corrected chi connectivity index (χ3v) is 3.82. The van der Waals surface area contributed by atoms with Gasteiger partial charge in [0.2, 0.25) is 0 Å². The van der Waals surface area contributed by atoms with Gasteiger partial charge in [-0.25, -0.2) is 17.2 Å². The summed E-state index contributed by atoms with van der Waals surface area (Å²) in [6, 6.07) is 8.18. The molecule has 0 aliphatic heterocycles. The second-order valence-electron chi connectivity index (χ2n) is 4.26. The predicted octanol–water partition coefficient (Wildman–Crippen LogP) is 2.60. The van der Waals surface area contributed by atoms with Crippen LogP contribution in [-0.2, 0) is 9.84 Å². The minimum absolute atomic E-state index is 0.00839. The molecule has 0 radical (unpaired) electrons. The average Bonchev–Trinajstić information content (AvgIpc) is 2.40. The number of carbonyl (C=O) groups is 1. The normalized spacial score (nSPS) is 11.3. The Morgan fingerprint density at radius 2 is 1.60 bits per heavy atom. The van der Waals surface area contributed by atoms with Gasteiger partial charge >= 0.3 is 0 Å². The number of halogens is 2. The fourth-order valence-electron chi connectivity index (χ4n) is 1.67. The quantitative estimate of drug-likeness (QED) is 0.818. The van der Waals surface area contributed by atoms with E-state index in [2.05, 4.69) is 0 Å². The van der Waals surface area contributed by atoms with Crippen LogP contribution in [0.4, 0.5) is 8.78 Å². The van der Waals surface area contributed by atoms with Crippen molar-refractivity contribution in [2.45, 2.75) is 4.90 Å². The van der Waals surface area contributed by atoms with E-state index in [1.807, 2.05) is 0 Å². The Hall–Kier alpha value is -2.08. The molecule has 2 aromatic rings. The highest BCUT2D eigenvalue weighted by atomic mass is 32.2. The minimum Gasteiger partial charge on any atom is -0.289 e. The van der Waals surface area contributed by atoms with Gasteiger partial charge in [-0.05, 0) is 30.3 Å². The van der Waals surface area contributed by atoms with Crippen molar-refractivity contribution in [1.82, 2.24) is 0 Å². The molecule has 0 unspecified atom stereocenters. The summed E-state index contributed by atoms with van der Waals surface area (Å²) >= 11 is 0. The van der Waals surface area contributed by atoms with Gasteiger partial charge in [0.25, 0.3) is 0 Å². The number of hydrogen-bond acceptors (Lipinski definition) is 3. The van der Waals surface area contributed by atoms with Gasteiger partial charge in [0.1, 0.15) is 0 Å². The summed E-state index contributed by atoms with van der Waals surface area (Å²) in [5, 5.41) is 0. The zero-order valence-corrected chi connectivity index (χ0v) is 11.2. The van der Waals surface area contributed by atoms with Crippen LogP contribution in [-0.4, -0.2) is 20.5 Å². The molecule has 0 bridgehead atoms. The molecule has 0 heterocycles. The Balaban J connectivity index is 2.46. The van der Waals surface area contributed by atoms with Crippen molar-refractivity contribution >= 4 is 15.6 Å². The summed E-state index contributed by atoms with van der Waals surface area (Å²) in [5.74, 6) is -2.75. The molecular weight excluding hydrogens is 286 g/mol. The first-order valence-corrected chi connectivity index (χ1v) is 7.48. The first kappa shape index (κ1) is 14.3. The highest BCUT2D eigenvalue weighted by Gasteiger charge is 2.14. The predicted molar refractivity (Wildman–Crippen MR) is 69.3 cm³/mol. The van der Waals surface area contributed by atoms with Gasteiger partial charge in [-0.3, -0.25) is 4.79 Å². The molecule has 6 heteroatoms. The Morgan fingerprint density at radius 1 is 0.950 bits per heavy atom. The van der Waals surface area contributed by atoms with E-state index in [9.17, 15) is 22.0 Å². The molecule has 0 aliphatic rings. The Labute approximate surface area is 114 Å². The molecule has 0 aromatic heterocycles. The summed E-state index contributed by atoms with van der Waals surface area (Å²) in [6.45, 7) is 0. The molecule has 2 rings (SSSR count). The van der Waals surface area contributed by atoms with E-state index in [0.29, 0.717) is 0 Å². The maximum Gasteiger partial charge on any atom is 0.193 e. The summed E-state index contributed by atoms with van der Waals surface area (Å²) in [6.07, 6.45) is 1.02. The van der Waals surface area contributed by atoms with E-state index in [1.54, 1.807) is 0 Å². The molecule has 104 valence electrons. The maximum atomic E-state index is 13.1. The van der Waals surface area contributed by atoms with Gasteiger partial charge in [-0.2, -0.15) is 0 Å². The molecule has 0 amide bonds. The lowest BCUT2D eigenvalue weighted by Crippen LogP contribution is -2.05. The maximum absolute atomic E-state index is 13.1. The van der Waals surface area contributed by atoms with Crippen molar-refractivity contribution in [1.29, 1.82) is 0 Å². The van der Waals surface area contributed by atoms with Crippen LogP contribution in [0.15, 0.2) is 47.4 Å². The zero-order valence-electron chi connectivity index (χ0n) is 10.4. The molecule has 0 N–H and O–H groups in total. The molecule has 0 atom stereocenters. The van der Waals surface area contributed by atoms with Crippen LogP contribution in [0.1, 0.15) is 15.9 Å². The van der Waals surface area contributed by atoms with Crippen LogP contribution in [0.3, 0.4) is 0 Å². The van der Waals surface area contributed by atoms with E-state index < -0.39 is 27.3 Å². The van der Waals surface area contributed by atoms with Gasteiger partial charge in [-0.1, -0.05) is 12.1 Å². The van der Waals surface area contributed by atoms with Crippen molar-refractivity contribution < 1.29 is 22.0 Å². The van der Waals surface area contributed by atoms with Crippen LogP contribution >= 0.6 is 0 Å². The van der Waals surface area contributed by atoms with Gasteiger partial charge in [-0.15, -0.1) is 0 Å². The van der Waals surface area contributed by atoms with Crippen LogP contribution < -0.4 is 0 Å². The van der Waals surface area contributed by atoms with E-state index in [-0.39, 0.29) is 16.0 Å². The Morgan fingerprint density at radius 3 is 2.20 bits per heavy atom. The van der Waals surface area contributed by atoms with Crippen LogP contribution in [0.25, 0.3) is 0 Å². The summed E-state index contributed by atoms with van der Waals surface area (Å²) in [7, 11) is -3.44. The minimum atomic E-state index is -3.44. The summed E-state index contributed by atoms with van der Waals surface area (Å²) < 4.78 is 48.8. The molecule has 2 aromatic carbocycles. The number of hydrogen-bond donors (Lipinski definition) is 0. The molecule has 20 heavy (non-hydrogen) atoms. The van der Waals surface area contributed by atoms with Crippen LogP contribution in [0, 0.1) is 11.6 Å². The van der Waals surface area contributed by atoms with Crippen molar-refractivity contribution in [3.8, 4) is 0 Å². The molecule has 0 saturated carbocycles. The smallest absolute Gasteiger partial charge is 0.193 e. The molecule has 0 saturated heterocycles. The molecule has 0 aliphatic carbocycles. The van der Waals surface area contributed by atoms with Crippen molar-refractivity contribution in [2.24, 2.45) is 0 Å². The molecule has 0 fully saturated rings. The summed E-state index contributed by atoms with van der Waals surface area (Å²) in [5.41, 5.74) is 0.0495. The Kier molecular flexibility index (Phi) is 3.67. The lowest BCUT2D eigenvalue weighted by molar-refractivity contribution is 0.103. The lowest BCUT2D eigenvalue weighted by Gasteiger charge is -2.04. The molecule has 3 nitrogen and oxygen atoms in total. The first-order valence-electron chi connectivity index (χ1n) is 5.59. The van der Waals surface area contributed by atoms with E-state index >= 15 is 0 Å². The lowest BCUT2D eigenvalue weighted by atomic mass is 10.0. The number of rotatable bonds is 3. The molecular formula is C14H10F2O3S. The van der Waals surface area contributed by atoms with Gasteiger partial charge in [0.15, 0.2) is 27.3 Å². The zero-order chi connectivity index (χ0) is 14.9. The van der Waals surface area contributed by atoms with Gasteiger partial charge in [0, 0.05) is 17.4 Å². The van der Waals surface area contributed by atoms with E-state index in [4.69, 9.17) is 0 Å². The third kappa shape index (κ3) is 2.91. The van der Waals surface area contributed by atoms with Crippen LogP contribution in [0.5, 0.6) is 0 Å². The SMILES string of the molecule is CS(=O)(=O)c1cccc(C(=O)c2ccc(F)c(F)c2)c1. The topological polar surface area (TPSA) is 51.2 Å². The van der Waals surface area contributed by atoms with Gasteiger partial charge < -0.3 is 0 Å². The van der Waals surface area contributed by atoms with Gasteiger partial charge in [0.05, 0.1) is 4.90 Å². The second kappa shape index (κ2) is 5.13. The Bertz CT molecular complexity index is 783.